The molecule has 1 aliphatic rings. The van der Waals surface area contributed by atoms with Gasteiger partial charge in [0, 0.05) is 27.7 Å². The summed E-state index contributed by atoms with van der Waals surface area (Å²) >= 11 is 0. The maximum Gasteiger partial charge on any atom is 0.303 e. The smallest absolute Gasteiger partial charge is 0.303 e. The number of aromatic nitrogens is 4. The number of hydrogen-bond donors (Lipinski definition) is 2. The van der Waals surface area contributed by atoms with Gasteiger partial charge < -0.3 is 18.9 Å². The Bertz CT molecular complexity index is 1120. The van der Waals surface area contributed by atoms with Crippen LogP contribution >= 0.6 is 0 Å². The molecule has 0 bridgehead atoms. The van der Waals surface area contributed by atoms with E-state index in [2.05, 4.69) is 20.3 Å². The molecule has 172 valence electrons. The summed E-state index contributed by atoms with van der Waals surface area (Å²) in [6, 6.07) is 0. The lowest BCUT2D eigenvalue weighted by atomic mass is 10.1. The molecule has 4 atom stereocenters. The van der Waals surface area contributed by atoms with Crippen molar-refractivity contribution in [2.75, 3.05) is 11.9 Å². The third kappa shape index (κ3) is 4.91. The summed E-state index contributed by atoms with van der Waals surface area (Å²) in [5, 5.41) is 2.35. The van der Waals surface area contributed by atoms with Crippen molar-refractivity contribution in [3.8, 4) is 0 Å². The number of hydrogen-bond acceptors (Lipinski definition) is 11. The largest absolute Gasteiger partial charge is 0.463 e. The number of carbonyl (C=O) groups excluding carboxylic acids is 4. The summed E-state index contributed by atoms with van der Waals surface area (Å²) < 4.78 is 22.8. The highest BCUT2D eigenvalue weighted by Crippen LogP contribution is 2.35. The fraction of sp³-hybridized carbons (Fsp3) is 0.500. The molecule has 3 rings (SSSR count). The molecule has 2 aromatic heterocycles. The Morgan fingerprint density at radius 2 is 1.75 bits per heavy atom. The van der Waals surface area contributed by atoms with Crippen LogP contribution in [0.4, 0.5) is 5.95 Å². The van der Waals surface area contributed by atoms with E-state index in [0.29, 0.717) is 0 Å². The summed E-state index contributed by atoms with van der Waals surface area (Å²) in [5.74, 6) is -2.52. The summed E-state index contributed by atoms with van der Waals surface area (Å²) in [6.07, 6.45) is -3.26. The number of nitrogens with zero attached hydrogens (tertiary/aromatic N) is 3. The van der Waals surface area contributed by atoms with Crippen molar-refractivity contribution >= 4 is 40.9 Å². The fourth-order valence-corrected chi connectivity index (χ4v) is 3.29. The second kappa shape index (κ2) is 9.13. The van der Waals surface area contributed by atoms with Gasteiger partial charge in [-0.05, 0) is 0 Å². The topological polar surface area (TPSA) is 181 Å². The van der Waals surface area contributed by atoms with Gasteiger partial charge in [-0.2, -0.15) is 4.98 Å². The number of carbonyl (C=O) groups is 4. The van der Waals surface area contributed by atoms with Crippen molar-refractivity contribution in [1.29, 1.82) is 0 Å². The molecule has 1 aliphatic heterocycles. The van der Waals surface area contributed by atoms with Gasteiger partial charge in [0.1, 0.15) is 19.0 Å². The van der Waals surface area contributed by atoms with Gasteiger partial charge in [0.25, 0.3) is 5.56 Å². The highest BCUT2D eigenvalue weighted by Gasteiger charge is 2.51. The molecule has 0 aromatic carbocycles. The van der Waals surface area contributed by atoms with Crippen LogP contribution in [0.15, 0.2) is 11.1 Å². The predicted molar refractivity (Wildman–Crippen MR) is 104 cm³/mol. The van der Waals surface area contributed by atoms with Crippen LogP contribution in [0.25, 0.3) is 11.2 Å². The van der Waals surface area contributed by atoms with Crippen LogP contribution in [-0.2, 0) is 38.1 Å². The molecular formula is C18H21N5O9. The Labute approximate surface area is 180 Å². The van der Waals surface area contributed by atoms with Crippen molar-refractivity contribution in [2.24, 2.45) is 0 Å². The molecule has 0 radical (unpaired) electrons. The van der Waals surface area contributed by atoms with Crippen molar-refractivity contribution < 1.29 is 38.1 Å². The quantitative estimate of drug-likeness (QED) is 0.423. The zero-order valence-electron chi connectivity index (χ0n) is 17.6. The van der Waals surface area contributed by atoms with Gasteiger partial charge >= 0.3 is 17.9 Å². The standard InChI is InChI=1S/C18H21N5O9/c1-7(24)20-18-21-15-12(16(28)22-18)23(6-19-15)17-14(31-10(4)27)13(30-9(3)26)11(32-17)5-29-8(2)25/h6,11,13-14,17H,5H2,1-4H3,(H2,20,21,22,24,28)/t11-,13-,14+,17+/m1/s1. The number of rotatable bonds is 6. The van der Waals surface area contributed by atoms with E-state index < -0.39 is 53.9 Å². The Morgan fingerprint density at radius 1 is 1.09 bits per heavy atom. The third-order valence-corrected chi connectivity index (χ3v) is 4.35. The minimum absolute atomic E-state index is 0.0184. The Morgan fingerprint density at radius 3 is 2.34 bits per heavy atom. The van der Waals surface area contributed by atoms with E-state index in [0.717, 1.165) is 13.8 Å². The van der Waals surface area contributed by atoms with Crippen molar-refractivity contribution in [3.05, 3.63) is 16.7 Å². The van der Waals surface area contributed by atoms with Crippen LogP contribution in [0.2, 0.25) is 0 Å². The zero-order valence-corrected chi connectivity index (χ0v) is 17.6. The first kappa shape index (κ1) is 22.9. The summed E-state index contributed by atoms with van der Waals surface area (Å²) in [7, 11) is 0. The SMILES string of the molecule is CC(=O)Nc1nc2ncn([C@H]3O[C@H](COC(C)=O)[C@@H](OC(C)=O)[C@@H]3OC(C)=O)c2c(=O)[nH]1. The molecule has 1 saturated heterocycles. The molecule has 0 aliphatic carbocycles. The average Bonchev–Trinajstić information content (AvgIpc) is 3.21. The van der Waals surface area contributed by atoms with Crippen LogP contribution < -0.4 is 10.9 Å². The Hall–Kier alpha value is -3.81. The molecule has 1 fully saturated rings. The lowest BCUT2D eigenvalue weighted by Crippen LogP contribution is -2.40. The number of esters is 3. The third-order valence-electron chi connectivity index (χ3n) is 4.35. The summed E-state index contributed by atoms with van der Waals surface area (Å²) in [5.41, 5.74) is -0.722. The molecule has 2 N–H and O–H groups in total. The van der Waals surface area contributed by atoms with Crippen LogP contribution in [-0.4, -0.2) is 68.3 Å². The maximum absolute atomic E-state index is 12.7. The summed E-state index contributed by atoms with van der Waals surface area (Å²) in [6.45, 7) is 4.46. The molecule has 0 unspecified atom stereocenters. The average molecular weight is 451 g/mol. The van der Waals surface area contributed by atoms with E-state index in [1.807, 2.05) is 0 Å². The minimum atomic E-state index is -1.19. The van der Waals surface area contributed by atoms with E-state index in [-0.39, 0.29) is 23.7 Å². The second-order valence-electron chi connectivity index (χ2n) is 6.94. The van der Waals surface area contributed by atoms with Crippen molar-refractivity contribution in [2.45, 2.75) is 52.2 Å². The molecule has 0 saturated carbocycles. The lowest BCUT2D eigenvalue weighted by molar-refractivity contribution is -0.166. The van der Waals surface area contributed by atoms with E-state index >= 15 is 0 Å². The number of fused-ring (bicyclic) bond motifs is 1. The van der Waals surface area contributed by atoms with Crippen LogP contribution in [0.5, 0.6) is 0 Å². The van der Waals surface area contributed by atoms with Gasteiger partial charge in [-0.3, -0.25) is 38.8 Å². The van der Waals surface area contributed by atoms with Gasteiger partial charge in [0.05, 0.1) is 0 Å². The van der Waals surface area contributed by atoms with E-state index in [9.17, 15) is 24.0 Å². The molecule has 14 nitrogen and oxygen atoms in total. The molecule has 0 spiro atoms. The van der Waals surface area contributed by atoms with Gasteiger partial charge in [0.15, 0.2) is 29.6 Å². The number of imidazole rings is 1. The van der Waals surface area contributed by atoms with Crippen molar-refractivity contribution in [3.63, 3.8) is 0 Å². The number of ether oxygens (including phenoxy) is 4. The van der Waals surface area contributed by atoms with Gasteiger partial charge in [-0.25, -0.2) is 4.98 Å². The van der Waals surface area contributed by atoms with E-state index in [1.165, 1.54) is 24.7 Å². The number of anilines is 1. The highest BCUT2D eigenvalue weighted by molar-refractivity contribution is 5.87. The normalized spacial score (nSPS) is 22.4. The molecule has 32 heavy (non-hydrogen) atoms. The number of amides is 1. The van der Waals surface area contributed by atoms with Crippen LogP contribution in [0.3, 0.4) is 0 Å². The first-order valence-electron chi connectivity index (χ1n) is 9.44. The lowest BCUT2D eigenvalue weighted by Gasteiger charge is -2.23. The van der Waals surface area contributed by atoms with Gasteiger partial charge in [0.2, 0.25) is 11.9 Å². The number of H-pyrrole nitrogens is 1. The van der Waals surface area contributed by atoms with E-state index in [1.54, 1.807) is 0 Å². The number of aromatic amines is 1. The summed E-state index contributed by atoms with van der Waals surface area (Å²) in [4.78, 5) is 69.1. The van der Waals surface area contributed by atoms with Crippen LogP contribution in [0.1, 0.15) is 33.9 Å². The van der Waals surface area contributed by atoms with Gasteiger partial charge in [-0.1, -0.05) is 0 Å². The predicted octanol–water partition coefficient (Wildman–Crippen LogP) is -0.598. The molecule has 1 amide bonds. The molecular weight excluding hydrogens is 430 g/mol. The van der Waals surface area contributed by atoms with E-state index in [4.69, 9.17) is 18.9 Å². The zero-order chi connectivity index (χ0) is 23.6. The second-order valence-corrected chi connectivity index (χ2v) is 6.94. The Balaban J connectivity index is 2.05. The maximum atomic E-state index is 12.7. The molecule has 3 heterocycles. The van der Waals surface area contributed by atoms with Gasteiger partial charge in [-0.15, -0.1) is 0 Å². The number of nitrogens with one attached hydrogen (secondary N) is 2. The highest BCUT2D eigenvalue weighted by atomic mass is 16.7. The molecule has 2 aromatic rings. The first-order chi connectivity index (χ1) is 15.1. The minimum Gasteiger partial charge on any atom is -0.463 e. The van der Waals surface area contributed by atoms with Crippen molar-refractivity contribution in [1.82, 2.24) is 19.5 Å². The fourth-order valence-electron chi connectivity index (χ4n) is 3.29. The molecule has 14 heteroatoms. The Kier molecular flexibility index (Phi) is 6.53. The monoisotopic (exact) mass is 451 g/mol. The first-order valence-corrected chi connectivity index (χ1v) is 9.44. The van der Waals surface area contributed by atoms with Crippen LogP contribution in [0, 0.1) is 0 Å².